The quantitative estimate of drug-likeness (QED) is 0.128. The van der Waals surface area contributed by atoms with Gasteiger partial charge in [0.1, 0.15) is 0 Å². The van der Waals surface area contributed by atoms with E-state index in [2.05, 4.69) is 41.5 Å². The van der Waals surface area contributed by atoms with Crippen molar-refractivity contribution in [2.45, 2.75) is 119 Å². The van der Waals surface area contributed by atoms with E-state index in [0.29, 0.717) is 0 Å². The van der Waals surface area contributed by atoms with E-state index in [-0.39, 0.29) is 35.3 Å². The van der Waals surface area contributed by atoms with E-state index in [1.165, 1.54) is 77.0 Å². The molecule has 3 heteroatoms. The van der Waals surface area contributed by atoms with E-state index in [0.717, 1.165) is 0 Å². The predicted molar refractivity (Wildman–Crippen MR) is 135 cm³/mol. The summed E-state index contributed by atoms with van der Waals surface area (Å²) in [7, 11) is 0.135. The first kappa shape index (κ1) is 33.1. The van der Waals surface area contributed by atoms with Gasteiger partial charge in [-0.15, -0.1) is 0 Å². The van der Waals surface area contributed by atoms with Crippen molar-refractivity contribution in [3.05, 3.63) is 0 Å². The average Bonchev–Trinajstić information content (AvgIpc) is 2.67. The smallest absolute Gasteiger partial charge is 0.0571 e. The van der Waals surface area contributed by atoms with E-state index in [9.17, 15) is 0 Å². The molecule has 0 bridgehead atoms. The minimum atomic E-state index is 0. The van der Waals surface area contributed by atoms with E-state index < -0.39 is 0 Å². The molecule has 0 saturated heterocycles. The second-order valence-corrected chi connectivity index (χ2v) is 14.1. The summed E-state index contributed by atoms with van der Waals surface area (Å²) in [5, 5.41) is 0. The van der Waals surface area contributed by atoms with Gasteiger partial charge in [-0.3, -0.25) is 0 Å². The van der Waals surface area contributed by atoms with Gasteiger partial charge in [-0.05, 0) is 38.5 Å². The first-order valence-electron chi connectivity index (χ1n) is 12.4. The van der Waals surface area contributed by atoms with Crippen molar-refractivity contribution in [3.8, 4) is 0 Å². The molecule has 0 saturated carbocycles. The van der Waals surface area contributed by atoms with Gasteiger partial charge in [-0.25, -0.2) is 0 Å². The van der Waals surface area contributed by atoms with Crippen LogP contribution in [0.15, 0.2) is 0 Å². The second kappa shape index (κ2) is 29.7. The molecule has 0 unspecified atom stereocenters. The fraction of sp³-hybridized carbons (Fsp3) is 1.00. The molecule has 0 amide bonds. The first-order chi connectivity index (χ1) is 12.7. The summed E-state index contributed by atoms with van der Waals surface area (Å²) in [6.07, 6.45) is 26.8. The van der Waals surface area contributed by atoms with Crippen molar-refractivity contribution >= 4 is 15.8 Å². The van der Waals surface area contributed by atoms with Crippen LogP contribution in [0.3, 0.4) is 0 Å². The monoisotopic (exact) mass is 508 g/mol. The maximum absolute atomic E-state index is 2.32. The number of unbranched alkanes of at least 4 members (excludes halogenated alkanes) is 6. The van der Waals surface area contributed by atoms with Crippen LogP contribution in [0.2, 0.25) is 0 Å². The zero-order chi connectivity index (χ0) is 19.9. The fourth-order valence-electron chi connectivity index (χ4n) is 3.31. The van der Waals surface area contributed by atoms with Crippen LogP contribution in [0.25, 0.3) is 0 Å². The summed E-state index contributed by atoms with van der Waals surface area (Å²) in [5.41, 5.74) is 0. The van der Waals surface area contributed by atoms with Gasteiger partial charge >= 0.3 is 0 Å². The molecule has 0 radical (unpaired) electrons. The molecule has 0 aromatic rings. The molecular weight excluding hydrogens is 451 g/mol. The molecule has 0 heterocycles. The molecule has 0 aromatic carbocycles. The molecule has 0 atom stereocenters. The summed E-state index contributed by atoms with van der Waals surface area (Å²) < 4.78 is 0. The Kier molecular flexibility index (Phi) is 36.4. The maximum Gasteiger partial charge on any atom is 0.0571 e. The third-order valence-corrected chi connectivity index (χ3v) is 11.7. The van der Waals surface area contributed by atoms with Crippen LogP contribution in [0.1, 0.15) is 119 Å². The SMILES string of the molecule is CCCC[PH+](CCCC)CCCC.CCCC[PH+](CCCC)CCCC.[Ru]. The summed E-state index contributed by atoms with van der Waals surface area (Å²) in [6.45, 7) is 13.9. The number of hydrogen-bond acceptors (Lipinski definition) is 0. The van der Waals surface area contributed by atoms with E-state index in [4.69, 9.17) is 0 Å². The first-order valence-corrected chi connectivity index (χ1v) is 16.6. The summed E-state index contributed by atoms with van der Waals surface area (Å²) in [4.78, 5) is 0. The van der Waals surface area contributed by atoms with Crippen molar-refractivity contribution in [3.63, 3.8) is 0 Å². The molecule has 27 heavy (non-hydrogen) atoms. The summed E-state index contributed by atoms with van der Waals surface area (Å²) in [6, 6.07) is 0. The van der Waals surface area contributed by atoms with E-state index in [1.807, 2.05) is 0 Å². The zero-order valence-electron chi connectivity index (χ0n) is 20.1. The Hall–Kier alpha value is 1.48. The zero-order valence-corrected chi connectivity index (χ0v) is 23.8. The molecule has 0 N–H and O–H groups in total. The molecule has 0 aliphatic heterocycles. The third-order valence-electron chi connectivity index (χ3n) is 5.30. The average molecular weight is 508 g/mol. The van der Waals surface area contributed by atoms with Gasteiger partial charge in [-0.1, -0.05) is 80.1 Å². The van der Waals surface area contributed by atoms with Crippen LogP contribution >= 0.6 is 15.8 Å². The molecule has 0 spiro atoms. The van der Waals surface area contributed by atoms with Crippen LogP contribution in [-0.2, 0) is 19.5 Å². The second-order valence-electron chi connectivity index (χ2n) is 8.12. The molecule has 0 fully saturated rings. The Morgan fingerprint density at radius 3 is 0.593 bits per heavy atom. The van der Waals surface area contributed by atoms with Crippen molar-refractivity contribution in [1.82, 2.24) is 0 Å². The topological polar surface area (TPSA) is 0 Å². The van der Waals surface area contributed by atoms with Crippen LogP contribution < -0.4 is 0 Å². The van der Waals surface area contributed by atoms with Gasteiger partial charge in [0.25, 0.3) is 0 Å². The van der Waals surface area contributed by atoms with Gasteiger partial charge in [0.15, 0.2) is 0 Å². The van der Waals surface area contributed by atoms with E-state index in [1.54, 1.807) is 37.0 Å². The Morgan fingerprint density at radius 2 is 0.481 bits per heavy atom. The molecular formula is C24H56P2Ru+2. The van der Waals surface area contributed by atoms with Crippen LogP contribution in [0.5, 0.6) is 0 Å². The third kappa shape index (κ3) is 27.5. The van der Waals surface area contributed by atoms with Crippen LogP contribution in [-0.4, -0.2) is 37.0 Å². The maximum atomic E-state index is 2.32. The minimum absolute atomic E-state index is 0. The largest absolute Gasteiger partial charge is 0.0652 e. The van der Waals surface area contributed by atoms with Crippen molar-refractivity contribution in [2.24, 2.45) is 0 Å². The van der Waals surface area contributed by atoms with Gasteiger partial charge < -0.3 is 0 Å². The molecule has 0 rings (SSSR count). The molecule has 0 nitrogen and oxygen atoms in total. The molecule has 0 aliphatic rings. The summed E-state index contributed by atoms with van der Waals surface area (Å²) >= 11 is 0. The van der Waals surface area contributed by atoms with Crippen molar-refractivity contribution < 1.29 is 19.5 Å². The fourth-order valence-corrected chi connectivity index (χ4v) is 9.93. The number of rotatable bonds is 18. The van der Waals surface area contributed by atoms with Crippen molar-refractivity contribution in [1.29, 1.82) is 0 Å². The van der Waals surface area contributed by atoms with Crippen molar-refractivity contribution in [2.75, 3.05) is 37.0 Å². The number of hydrogen-bond donors (Lipinski definition) is 0. The Morgan fingerprint density at radius 1 is 0.333 bits per heavy atom. The molecule has 168 valence electrons. The normalized spacial score (nSPS) is 10.7. The Balaban J connectivity index is -0.000000411. The minimum Gasteiger partial charge on any atom is -0.0652 e. The predicted octanol–water partition coefficient (Wildman–Crippen LogP) is 9.20. The Bertz CT molecular complexity index is 174. The van der Waals surface area contributed by atoms with Crippen LogP contribution in [0.4, 0.5) is 0 Å². The Labute approximate surface area is 190 Å². The molecule has 0 aliphatic carbocycles. The molecule has 0 aromatic heterocycles. The van der Waals surface area contributed by atoms with E-state index >= 15 is 0 Å². The van der Waals surface area contributed by atoms with Gasteiger partial charge in [0, 0.05) is 35.3 Å². The van der Waals surface area contributed by atoms with Gasteiger partial charge in [0.05, 0.1) is 37.0 Å². The van der Waals surface area contributed by atoms with Gasteiger partial charge in [0.2, 0.25) is 0 Å². The van der Waals surface area contributed by atoms with Gasteiger partial charge in [-0.2, -0.15) is 0 Å². The summed E-state index contributed by atoms with van der Waals surface area (Å²) in [5.74, 6) is 0. The standard InChI is InChI=1S/2C12H27P.Ru/c2*1-4-7-10-13(11-8-5-2)12-9-6-3;/h2*4-12H2,1-3H3;/p+2. The van der Waals surface area contributed by atoms with Crippen LogP contribution in [0, 0.1) is 0 Å².